The maximum absolute atomic E-state index is 11.2. The number of allylic oxidation sites excluding steroid dienone is 1. The van der Waals surface area contributed by atoms with Crippen molar-refractivity contribution in [3.05, 3.63) is 42.0 Å². The summed E-state index contributed by atoms with van der Waals surface area (Å²) >= 11 is 0. The van der Waals surface area contributed by atoms with Crippen molar-refractivity contribution < 1.29 is 15.0 Å². The molecule has 0 aromatic heterocycles. The number of hydrogen-bond donors (Lipinski definition) is 2. The molecule has 80 valence electrons. The molecule has 0 fully saturated rings. The van der Waals surface area contributed by atoms with E-state index in [2.05, 4.69) is 0 Å². The first-order valence-electron chi connectivity index (χ1n) is 4.84. The lowest BCUT2D eigenvalue weighted by Crippen LogP contribution is -1.96. The maximum atomic E-state index is 11.2. The van der Waals surface area contributed by atoms with Crippen molar-refractivity contribution in [3.8, 4) is 0 Å². The van der Waals surface area contributed by atoms with Gasteiger partial charge in [0.15, 0.2) is 5.78 Å². The van der Waals surface area contributed by atoms with Gasteiger partial charge in [-0.05, 0) is 6.42 Å². The van der Waals surface area contributed by atoms with Gasteiger partial charge in [0.25, 0.3) is 0 Å². The first-order chi connectivity index (χ1) is 7.24. The highest BCUT2D eigenvalue weighted by atomic mass is 16.3. The Bertz CT molecular complexity index is 341. The van der Waals surface area contributed by atoms with Crippen LogP contribution < -0.4 is 0 Å². The third-order valence-electron chi connectivity index (χ3n) is 1.95. The van der Waals surface area contributed by atoms with Crippen LogP contribution in [0.15, 0.2) is 36.4 Å². The zero-order valence-corrected chi connectivity index (χ0v) is 8.39. The normalized spacial score (nSPS) is 11.4. The molecule has 1 aromatic rings. The van der Waals surface area contributed by atoms with Gasteiger partial charge in [-0.1, -0.05) is 30.3 Å². The zero-order valence-electron chi connectivity index (χ0n) is 8.39. The van der Waals surface area contributed by atoms with Crippen LogP contribution in [-0.4, -0.2) is 22.6 Å². The van der Waals surface area contributed by atoms with Crippen LogP contribution in [0.2, 0.25) is 0 Å². The molecule has 2 N–H and O–H groups in total. The standard InChI is InChI=1S/C12H14O3/c13-8-4-7-11(14)9-12(15)10-5-2-1-3-6-10/h1-3,5-6,9,13,15H,4,7-8H2. The Morgan fingerprint density at radius 3 is 2.53 bits per heavy atom. The van der Waals surface area contributed by atoms with Crippen molar-refractivity contribution in [2.45, 2.75) is 12.8 Å². The summed E-state index contributed by atoms with van der Waals surface area (Å²) in [4.78, 5) is 11.2. The minimum atomic E-state index is -0.176. The second-order valence-electron chi connectivity index (χ2n) is 3.19. The second-order valence-corrected chi connectivity index (χ2v) is 3.19. The Morgan fingerprint density at radius 2 is 1.93 bits per heavy atom. The molecule has 0 aliphatic rings. The van der Waals surface area contributed by atoms with Crippen LogP contribution in [0.25, 0.3) is 5.76 Å². The van der Waals surface area contributed by atoms with Gasteiger partial charge in [-0.2, -0.15) is 0 Å². The monoisotopic (exact) mass is 206 g/mol. The molecule has 3 nitrogen and oxygen atoms in total. The fourth-order valence-electron chi connectivity index (χ4n) is 1.17. The first-order valence-corrected chi connectivity index (χ1v) is 4.84. The lowest BCUT2D eigenvalue weighted by molar-refractivity contribution is -0.114. The summed E-state index contributed by atoms with van der Waals surface area (Å²) in [6.07, 6.45) is 1.88. The van der Waals surface area contributed by atoms with E-state index in [0.717, 1.165) is 0 Å². The lowest BCUT2D eigenvalue weighted by Gasteiger charge is -1.99. The summed E-state index contributed by atoms with van der Waals surface area (Å²) < 4.78 is 0. The topological polar surface area (TPSA) is 57.5 Å². The molecular formula is C12H14O3. The van der Waals surface area contributed by atoms with Crippen LogP contribution in [0.4, 0.5) is 0 Å². The number of hydrogen-bond acceptors (Lipinski definition) is 3. The van der Waals surface area contributed by atoms with E-state index in [1.807, 2.05) is 6.07 Å². The molecule has 1 aromatic carbocycles. The van der Waals surface area contributed by atoms with E-state index in [1.54, 1.807) is 24.3 Å². The molecule has 0 bridgehead atoms. The van der Waals surface area contributed by atoms with E-state index in [9.17, 15) is 9.90 Å². The van der Waals surface area contributed by atoms with E-state index in [4.69, 9.17) is 5.11 Å². The molecule has 0 spiro atoms. The minimum absolute atomic E-state index is 0.00826. The highest BCUT2D eigenvalue weighted by molar-refractivity contribution is 5.95. The number of carbonyl (C=O) groups excluding carboxylic acids is 1. The van der Waals surface area contributed by atoms with Gasteiger partial charge in [-0.15, -0.1) is 0 Å². The number of benzene rings is 1. The van der Waals surface area contributed by atoms with E-state index in [1.165, 1.54) is 6.08 Å². The van der Waals surface area contributed by atoms with Gasteiger partial charge >= 0.3 is 0 Å². The summed E-state index contributed by atoms with van der Waals surface area (Å²) in [6, 6.07) is 8.87. The third-order valence-corrected chi connectivity index (χ3v) is 1.95. The summed E-state index contributed by atoms with van der Waals surface area (Å²) in [5, 5.41) is 18.1. The van der Waals surface area contributed by atoms with Crippen LogP contribution in [0, 0.1) is 0 Å². The molecule has 0 aliphatic heterocycles. The number of aliphatic hydroxyl groups is 2. The van der Waals surface area contributed by atoms with Crippen molar-refractivity contribution in [1.29, 1.82) is 0 Å². The van der Waals surface area contributed by atoms with Crippen LogP contribution in [0.1, 0.15) is 18.4 Å². The maximum Gasteiger partial charge on any atom is 0.159 e. The van der Waals surface area contributed by atoms with Gasteiger partial charge in [0.05, 0.1) is 0 Å². The summed E-state index contributed by atoms with van der Waals surface area (Å²) in [6.45, 7) is -0.00826. The minimum Gasteiger partial charge on any atom is -0.507 e. The second kappa shape index (κ2) is 5.98. The Hall–Kier alpha value is -1.61. The predicted octanol–water partition coefficient (Wildman–Crippen LogP) is 1.93. The molecule has 0 saturated heterocycles. The van der Waals surface area contributed by atoms with E-state index in [-0.39, 0.29) is 24.6 Å². The SMILES string of the molecule is O=C(C=C(O)c1ccccc1)CCCO. The summed E-state index contributed by atoms with van der Waals surface area (Å²) in [5.74, 6) is -0.205. The van der Waals surface area contributed by atoms with Crippen molar-refractivity contribution in [1.82, 2.24) is 0 Å². The smallest absolute Gasteiger partial charge is 0.159 e. The molecule has 0 radical (unpaired) electrons. The lowest BCUT2D eigenvalue weighted by atomic mass is 10.1. The molecule has 3 heteroatoms. The molecule has 0 unspecified atom stereocenters. The Labute approximate surface area is 88.7 Å². The largest absolute Gasteiger partial charge is 0.507 e. The molecular weight excluding hydrogens is 192 g/mol. The van der Waals surface area contributed by atoms with Crippen LogP contribution in [0.5, 0.6) is 0 Å². The molecule has 1 rings (SSSR count). The van der Waals surface area contributed by atoms with Crippen molar-refractivity contribution in [2.75, 3.05) is 6.61 Å². The van der Waals surface area contributed by atoms with Crippen molar-refractivity contribution >= 4 is 11.5 Å². The predicted molar refractivity (Wildman–Crippen MR) is 58.4 cm³/mol. The van der Waals surface area contributed by atoms with Gasteiger partial charge in [0.2, 0.25) is 0 Å². The molecule has 0 atom stereocenters. The van der Waals surface area contributed by atoms with E-state index >= 15 is 0 Å². The average molecular weight is 206 g/mol. The zero-order chi connectivity index (χ0) is 11.1. The Morgan fingerprint density at radius 1 is 1.27 bits per heavy atom. The van der Waals surface area contributed by atoms with Crippen molar-refractivity contribution in [3.63, 3.8) is 0 Å². The van der Waals surface area contributed by atoms with Gasteiger partial charge in [0, 0.05) is 24.7 Å². The van der Waals surface area contributed by atoms with E-state index in [0.29, 0.717) is 12.0 Å². The fourth-order valence-corrected chi connectivity index (χ4v) is 1.17. The highest BCUT2D eigenvalue weighted by Gasteiger charge is 2.02. The Kier molecular flexibility index (Phi) is 4.57. The number of rotatable bonds is 5. The highest BCUT2D eigenvalue weighted by Crippen LogP contribution is 2.10. The van der Waals surface area contributed by atoms with E-state index < -0.39 is 0 Å². The molecule has 0 saturated carbocycles. The fraction of sp³-hybridized carbons (Fsp3) is 0.250. The summed E-state index contributed by atoms with van der Waals surface area (Å²) in [7, 11) is 0. The molecule has 0 heterocycles. The quantitative estimate of drug-likeness (QED) is 0.571. The number of aliphatic hydroxyl groups excluding tert-OH is 2. The number of carbonyl (C=O) groups is 1. The average Bonchev–Trinajstić information content (AvgIpc) is 2.27. The third kappa shape index (κ3) is 3.95. The van der Waals surface area contributed by atoms with Gasteiger partial charge in [-0.25, -0.2) is 0 Å². The molecule has 15 heavy (non-hydrogen) atoms. The van der Waals surface area contributed by atoms with Crippen LogP contribution in [-0.2, 0) is 4.79 Å². The van der Waals surface area contributed by atoms with Gasteiger partial charge in [0.1, 0.15) is 5.76 Å². The molecule has 0 amide bonds. The van der Waals surface area contributed by atoms with Crippen LogP contribution in [0.3, 0.4) is 0 Å². The molecule has 0 aliphatic carbocycles. The van der Waals surface area contributed by atoms with Gasteiger partial charge < -0.3 is 10.2 Å². The summed E-state index contributed by atoms with van der Waals surface area (Å²) in [5.41, 5.74) is 0.620. The Balaban J connectivity index is 2.64. The van der Waals surface area contributed by atoms with Gasteiger partial charge in [-0.3, -0.25) is 4.79 Å². The number of ketones is 1. The van der Waals surface area contributed by atoms with Crippen molar-refractivity contribution in [2.24, 2.45) is 0 Å². The van der Waals surface area contributed by atoms with Crippen LogP contribution >= 0.6 is 0 Å². The first kappa shape index (κ1) is 11.5.